The minimum Gasteiger partial charge on any atom is -0.756 e. The van der Waals surface area contributed by atoms with Gasteiger partial charge in [0.2, 0.25) is 5.91 Å². The maximum Gasteiger partial charge on any atom is 0.268 e. The second-order valence-electron chi connectivity index (χ2n) is 12.8. The number of unbranched alkanes of at least 4 members (excludes halogenated alkanes) is 16. The lowest BCUT2D eigenvalue weighted by Gasteiger charge is -2.29. The molecule has 9 heteroatoms. The Kier molecular flexibility index (Phi) is 26.7. The lowest BCUT2D eigenvalue weighted by atomic mass is 10.0. The number of amides is 1. The van der Waals surface area contributed by atoms with Crippen molar-refractivity contribution in [2.45, 2.75) is 148 Å². The van der Waals surface area contributed by atoms with Crippen LogP contribution in [0.15, 0.2) is 24.3 Å². The van der Waals surface area contributed by atoms with E-state index in [1.807, 2.05) is 27.2 Å². The van der Waals surface area contributed by atoms with Gasteiger partial charge in [-0.15, -0.1) is 0 Å². The van der Waals surface area contributed by atoms with Crippen molar-refractivity contribution in [1.29, 1.82) is 0 Å². The summed E-state index contributed by atoms with van der Waals surface area (Å²) in [4.78, 5) is 24.0. The summed E-state index contributed by atoms with van der Waals surface area (Å²) in [6, 6.07) is -0.895. The number of allylic oxidation sites excluding steroid dienone is 3. The minimum atomic E-state index is -4.55. The molecule has 0 spiro atoms. The Morgan fingerprint density at radius 1 is 0.791 bits per heavy atom. The van der Waals surface area contributed by atoms with Gasteiger partial charge in [-0.05, 0) is 25.7 Å². The normalized spacial score (nSPS) is 15.2. The van der Waals surface area contributed by atoms with Crippen molar-refractivity contribution in [2.24, 2.45) is 0 Å². The Balaban J connectivity index is 4.01. The Bertz CT molecular complexity index is 768. The van der Waals surface area contributed by atoms with E-state index in [-0.39, 0.29) is 18.9 Å². The van der Waals surface area contributed by atoms with Gasteiger partial charge in [0.05, 0.1) is 39.9 Å². The number of carbonyl (C=O) groups is 1. The molecule has 2 N–H and O–H groups in total. The maximum atomic E-state index is 12.1. The summed E-state index contributed by atoms with van der Waals surface area (Å²) in [5.41, 5.74) is 0. The zero-order chi connectivity index (χ0) is 32.2. The number of hydrogen-bond donors (Lipinski definition) is 2. The molecule has 0 aromatic heterocycles. The number of phosphoric ester groups is 1. The van der Waals surface area contributed by atoms with Crippen LogP contribution in [-0.2, 0) is 18.4 Å². The molecule has 3 atom stereocenters. The molecular formula is C34H67N2O6P. The molecule has 3 unspecified atom stereocenters. The molecule has 0 saturated heterocycles. The molecule has 43 heavy (non-hydrogen) atoms. The zero-order valence-corrected chi connectivity index (χ0v) is 29.3. The number of quaternary nitrogens is 1. The van der Waals surface area contributed by atoms with E-state index in [0.717, 1.165) is 19.3 Å². The van der Waals surface area contributed by atoms with Crippen LogP contribution in [-0.4, -0.2) is 68.5 Å². The van der Waals surface area contributed by atoms with Crippen LogP contribution in [0.3, 0.4) is 0 Å². The Morgan fingerprint density at radius 2 is 1.28 bits per heavy atom. The number of nitrogens with zero attached hydrogens (tertiary/aromatic N) is 1. The first-order valence-electron chi connectivity index (χ1n) is 17.2. The predicted octanol–water partition coefficient (Wildman–Crippen LogP) is 7.60. The van der Waals surface area contributed by atoms with Gasteiger partial charge >= 0.3 is 0 Å². The first-order chi connectivity index (χ1) is 20.5. The molecular weight excluding hydrogens is 563 g/mol. The van der Waals surface area contributed by atoms with E-state index in [4.69, 9.17) is 9.05 Å². The predicted molar refractivity (Wildman–Crippen MR) is 178 cm³/mol. The molecule has 1 amide bonds. The largest absolute Gasteiger partial charge is 0.756 e. The summed E-state index contributed by atoms with van der Waals surface area (Å²) in [5, 5.41) is 13.2. The van der Waals surface area contributed by atoms with E-state index < -0.39 is 26.6 Å². The Hall–Kier alpha value is -1.02. The van der Waals surface area contributed by atoms with E-state index in [9.17, 15) is 19.4 Å². The maximum absolute atomic E-state index is 12.1. The SMILES string of the molecule is CCCCCCCCCCCCCCCCC/C=C/CC/C=C/C(O)C(COP(=O)([O-])OCC[N+](C)(C)C)NC(=O)CC. The average molecular weight is 631 g/mol. The number of phosphoric acid groups is 1. The second-order valence-corrected chi connectivity index (χ2v) is 14.2. The monoisotopic (exact) mass is 630 g/mol. The highest BCUT2D eigenvalue weighted by molar-refractivity contribution is 7.45. The van der Waals surface area contributed by atoms with Crippen molar-refractivity contribution < 1.29 is 32.9 Å². The van der Waals surface area contributed by atoms with Gasteiger partial charge in [0.1, 0.15) is 13.2 Å². The van der Waals surface area contributed by atoms with Gasteiger partial charge in [0, 0.05) is 6.42 Å². The molecule has 0 rings (SSSR count). The number of aliphatic hydroxyl groups excluding tert-OH is 1. The van der Waals surface area contributed by atoms with Gasteiger partial charge in [-0.25, -0.2) is 0 Å². The van der Waals surface area contributed by atoms with E-state index in [0.29, 0.717) is 11.0 Å². The van der Waals surface area contributed by atoms with Crippen molar-refractivity contribution in [3.63, 3.8) is 0 Å². The van der Waals surface area contributed by atoms with Crippen LogP contribution in [0.2, 0.25) is 0 Å². The van der Waals surface area contributed by atoms with Crippen LogP contribution in [0.5, 0.6) is 0 Å². The standard InChI is InChI=1S/C34H67N2O6P/c1-6-8-9-10-11-12-13-14-15-16-17-18-19-20-21-22-23-24-25-26-27-28-33(37)32(35-34(38)7-2)31-42-43(39,40)41-30-29-36(3,4)5/h23-24,27-28,32-33,37H,6-22,25-26,29-31H2,1-5H3,(H-,35,38,39,40)/b24-23+,28-27+. The third kappa shape index (κ3) is 29.5. The van der Waals surface area contributed by atoms with Crippen molar-refractivity contribution in [2.75, 3.05) is 40.9 Å². The molecule has 0 aromatic carbocycles. The minimum absolute atomic E-state index is 0.00826. The van der Waals surface area contributed by atoms with Crippen molar-refractivity contribution in [1.82, 2.24) is 5.32 Å². The van der Waals surface area contributed by atoms with Crippen LogP contribution in [0.1, 0.15) is 136 Å². The van der Waals surface area contributed by atoms with Crippen molar-refractivity contribution in [3.8, 4) is 0 Å². The van der Waals surface area contributed by atoms with Gasteiger partial charge in [0.15, 0.2) is 0 Å². The molecule has 254 valence electrons. The van der Waals surface area contributed by atoms with Gasteiger partial charge < -0.3 is 28.8 Å². The molecule has 0 heterocycles. The molecule has 0 aliphatic heterocycles. The van der Waals surface area contributed by atoms with Crippen LogP contribution in [0.25, 0.3) is 0 Å². The lowest BCUT2D eigenvalue weighted by Crippen LogP contribution is -2.45. The summed E-state index contributed by atoms with van der Waals surface area (Å²) >= 11 is 0. The van der Waals surface area contributed by atoms with E-state index >= 15 is 0 Å². The first-order valence-corrected chi connectivity index (χ1v) is 18.7. The average Bonchev–Trinajstić information content (AvgIpc) is 2.94. The fraction of sp³-hybridized carbons (Fsp3) is 0.853. The third-order valence-electron chi connectivity index (χ3n) is 7.48. The summed E-state index contributed by atoms with van der Waals surface area (Å²) in [5.74, 6) is -0.297. The highest BCUT2D eigenvalue weighted by atomic mass is 31.2. The number of rotatable bonds is 30. The summed E-state index contributed by atoms with van der Waals surface area (Å²) in [6.07, 6.45) is 30.3. The van der Waals surface area contributed by atoms with Crippen LogP contribution in [0.4, 0.5) is 0 Å². The first kappa shape index (κ1) is 42.0. The van der Waals surface area contributed by atoms with Crippen molar-refractivity contribution >= 4 is 13.7 Å². The molecule has 0 aromatic rings. The topological polar surface area (TPSA) is 108 Å². The van der Waals surface area contributed by atoms with E-state index in [1.54, 1.807) is 13.0 Å². The molecule has 8 nitrogen and oxygen atoms in total. The zero-order valence-electron chi connectivity index (χ0n) is 28.4. The van der Waals surface area contributed by atoms with Crippen LogP contribution in [0, 0.1) is 0 Å². The molecule has 0 aliphatic rings. The van der Waals surface area contributed by atoms with Crippen LogP contribution >= 0.6 is 7.82 Å². The lowest BCUT2D eigenvalue weighted by molar-refractivity contribution is -0.870. The van der Waals surface area contributed by atoms with Gasteiger partial charge in [-0.2, -0.15) is 0 Å². The molecule has 0 fully saturated rings. The Morgan fingerprint density at radius 3 is 1.79 bits per heavy atom. The molecule has 0 radical (unpaired) electrons. The van der Waals surface area contributed by atoms with Gasteiger partial charge in [0.25, 0.3) is 7.82 Å². The summed E-state index contributed by atoms with van der Waals surface area (Å²) < 4.78 is 22.6. The van der Waals surface area contributed by atoms with Gasteiger partial charge in [-0.1, -0.05) is 128 Å². The molecule has 0 saturated carbocycles. The fourth-order valence-electron chi connectivity index (χ4n) is 4.60. The second kappa shape index (κ2) is 27.3. The fourth-order valence-corrected chi connectivity index (χ4v) is 5.32. The number of likely N-dealkylation sites (N-methyl/N-ethyl adjacent to an activating group) is 1. The summed E-state index contributed by atoms with van der Waals surface area (Å²) in [6.45, 7) is 4.04. The van der Waals surface area contributed by atoms with E-state index in [2.05, 4.69) is 24.4 Å². The molecule has 0 aliphatic carbocycles. The van der Waals surface area contributed by atoms with Gasteiger partial charge in [-0.3, -0.25) is 9.36 Å². The number of carbonyl (C=O) groups excluding carboxylic acids is 1. The van der Waals surface area contributed by atoms with Crippen molar-refractivity contribution in [3.05, 3.63) is 24.3 Å². The highest BCUT2D eigenvalue weighted by Gasteiger charge is 2.22. The number of hydrogen-bond acceptors (Lipinski definition) is 6. The highest BCUT2D eigenvalue weighted by Crippen LogP contribution is 2.38. The van der Waals surface area contributed by atoms with Crippen LogP contribution < -0.4 is 10.2 Å². The molecule has 0 bridgehead atoms. The van der Waals surface area contributed by atoms with E-state index in [1.165, 1.54) is 96.3 Å². The third-order valence-corrected chi connectivity index (χ3v) is 8.44. The smallest absolute Gasteiger partial charge is 0.268 e. The Labute approximate surface area is 264 Å². The summed E-state index contributed by atoms with van der Waals surface area (Å²) in [7, 11) is 1.23. The number of aliphatic hydroxyl groups is 1. The number of nitrogens with one attached hydrogen (secondary N) is 1. The quantitative estimate of drug-likeness (QED) is 0.0366.